The molecule has 2 aromatic rings. The number of carbonyl (C=O) groups is 2. The Hall–Kier alpha value is -2.33. The van der Waals surface area contributed by atoms with Crippen molar-refractivity contribution >= 4 is 23.4 Å². The molecule has 0 radical (unpaired) electrons. The predicted octanol–water partition coefficient (Wildman–Crippen LogP) is 4.58. The number of hydrogen-bond acceptors (Lipinski definition) is 4. The number of benzene rings is 2. The van der Waals surface area contributed by atoms with Gasteiger partial charge in [-0.1, -0.05) is 29.8 Å². The van der Waals surface area contributed by atoms with Gasteiger partial charge in [0.05, 0.1) is 18.2 Å². The Bertz CT molecular complexity index is 753. The van der Waals surface area contributed by atoms with Crippen molar-refractivity contribution in [1.82, 2.24) is 0 Å². The van der Waals surface area contributed by atoms with E-state index in [1.165, 1.54) is 0 Å². The third-order valence-corrected chi connectivity index (χ3v) is 4.01. The van der Waals surface area contributed by atoms with Crippen molar-refractivity contribution in [2.45, 2.75) is 26.7 Å². The van der Waals surface area contributed by atoms with E-state index in [0.29, 0.717) is 28.5 Å². The fraction of sp³-hybridized carbons (Fsp3) is 0.300. The molecule has 0 aliphatic carbocycles. The molecule has 0 aliphatic heterocycles. The molecule has 0 fully saturated rings. The first-order valence-corrected chi connectivity index (χ1v) is 8.55. The van der Waals surface area contributed by atoms with Crippen molar-refractivity contribution in [3.8, 4) is 5.75 Å². The van der Waals surface area contributed by atoms with E-state index in [2.05, 4.69) is 0 Å². The summed E-state index contributed by atoms with van der Waals surface area (Å²) in [5.74, 6) is -1.36. The fourth-order valence-corrected chi connectivity index (χ4v) is 2.85. The molecule has 4 nitrogen and oxygen atoms in total. The number of hydrogen-bond donors (Lipinski definition) is 0. The van der Waals surface area contributed by atoms with Crippen LogP contribution in [0.3, 0.4) is 0 Å². The highest BCUT2D eigenvalue weighted by atomic mass is 35.5. The molecule has 0 spiro atoms. The third kappa shape index (κ3) is 4.60. The SMILES string of the molecule is CCOC(=O)C(C(=O)c1ccc(C)cc1Cl)c1ccc(OCC)cc1. The fourth-order valence-electron chi connectivity index (χ4n) is 2.52. The molecule has 25 heavy (non-hydrogen) atoms. The van der Waals surface area contributed by atoms with E-state index in [9.17, 15) is 9.59 Å². The second kappa shape index (κ2) is 8.67. The molecular formula is C20H21ClO4. The lowest BCUT2D eigenvalue weighted by Crippen LogP contribution is -2.24. The van der Waals surface area contributed by atoms with Gasteiger partial charge in [-0.15, -0.1) is 0 Å². The quantitative estimate of drug-likeness (QED) is 0.412. The van der Waals surface area contributed by atoms with E-state index in [1.807, 2.05) is 13.8 Å². The Balaban J connectivity index is 2.41. The van der Waals surface area contributed by atoms with Gasteiger partial charge in [-0.3, -0.25) is 9.59 Å². The van der Waals surface area contributed by atoms with Crippen LogP contribution in [0.5, 0.6) is 5.75 Å². The van der Waals surface area contributed by atoms with Gasteiger partial charge in [0.25, 0.3) is 0 Å². The van der Waals surface area contributed by atoms with Crippen LogP contribution in [0.1, 0.15) is 41.3 Å². The van der Waals surface area contributed by atoms with E-state index >= 15 is 0 Å². The minimum atomic E-state index is -1.06. The highest BCUT2D eigenvalue weighted by Gasteiger charge is 2.32. The molecule has 0 saturated carbocycles. The Labute approximate surface area is 152 Å². The molecule has 0 aromatic heterocycles. The predicted molar refractivity (Wildman–Crippen MR) is 97.5 cm³/mol. The number of halogens is 1. The van der Waals surface area contributed by atoms with Crippen molar-refractivity contribution in [3.63, 3.8) is 0 Å². The van der Waals surface area contributed by atoms with Crippen molar-refractivity contribution in [3.05, 3.63) is 64.2 Å². The number of Topliss-reactive ketones (excluding diaryl/α,β-unsaturated/α-hetero) is 1. The van der Waals surface area contributed by atoms with Crippen molar-refractivity contribution in [2.75, 3.05) is 13.2 Å². The Morgan fingerprint density at radius 1 is 1.04 bits per heavy atom. The minimum absolute atomic E-state index is 0.196. The topological polar surface area (TPSA) is 52.6 Å². The van der Waals surface area contributed by atoms with E-state index in [1.54, 1.807) is 49.4 Å². The summed E-state index contributed by atoms with van der Waals surface area (Å²) in [6.07, 6.45) is 0. The van der Waals surface area contributed by atoms with Crippen LogP contribution in [0.25, 0.3) is 0 Å². The highest BCUT2D eigenvalue weighted by Crippen LogP contribution is 2.28. The van der Waals surface area contributed by atoms with Gasteiger partial charge in [-0.2, -0.15) is 0 Å². The van der Waals surface area contributed by atoms with Gasteiger partial charge in [0.1, 0.15) is 11.7 Å². The molecule has 2 rings (SSSR count). The van der Waals surface area contributed by atoms with Crippen molar-refractivity contribution in [2.24, 2.45) is 0 Å². The maximum absolute atomic E-state index is 13.0. The molecule has 0 saturated heterocycles. The number of ether oxygens (including phenoxy) is 2. The molecule has 1 unspecified atom stereocenters. The zero-order chi connectivity index (χ0) is 18.4. The average Bonchev–Trinajstić information content (AvgIpc) is 2.57. The largest absolute Gasteiger partial charge is 0.494 e. The number of carbonyl (C=O) groups excluding carboxylic acids is 2. The molecule has 0 N–H and O–H groups in total. The molecule has 0 amide bonds. The van der Waals surface area contributed by atoms with Gasteiger partial charge in [0, 0.05) is 5.56 Å². The molecule has 0 aliphatic rings. The Kier molecular flexibility index (Phi) is 6.59. The van der Waals surface area contributed by atoms with Crippen LogP contribution < -0.4 is 4.74 Å². The van der Waals surface area contributed by atoms with E-state index in [-0.39, 0.29) is 12.4 Å². The number of rotatable bonds is 7. The minimum Gasteiger partial charge on any atom is -0.494 e. The van der Waals surface area contributed by atoms with Gasteiger partial charge in [0.2, 0.25) is 0 Å². The molecule has 0 bridgehead atoms. The van der Waals surface area contributed by atoms with Crippen LogP contribution in [-0.4, -0.2) is 25.0 Å². The lowest BCUT2D eigenvalue weighted by molar-refractivity contribution is -0.143. The zero-order valence-electron chi connectivity index (χ0n) is 14.5. The van der Waals surface area contributed by atoms with Gasteiger partial charge in [-0.25, -0.2) is 0 Å². The zero-order valence-corrected chi connectivity index (χ0v) is 15.3. The summed E-state index contributed by atoms with van der Waals surface area (Å²) in [6, 6.07) is 12.0. The lowest BCUT2D eigenvalue weighted by Gasteiger charge is -2.16. The summed E-state index contributed by atoms with van der Waals surface area (Å²) in [4.78, 5) is 25.4. The van der Waals surface area contributed by atoms with Crippen LogP contribution in [0.2, 0.25) is 5.02 Å². The first-order valence-electron chi connectivity index (χ1n) is 8.17. The van der Waals surface area contributed by atoms with Crippen LogP contribution >= 0.6 is 11.6 Å². The molecule has 2 aromatic carbocycles. The summed E-state index contributed by atoms with van der Waals surface area (Å²) in [5.41, 5.74) is 1.79. The second-order valence-corrected chi connectivity index (χ2v) is 5.94. The molecule has 132 valence electrons. The van der Waals surface area contributed by atoms with Crippen LogP contribution in [0, 0.1) is 6.92 Å². The first-order chi connectivity index (χ1) is 12.0. The summed E-state index contributed by atoms with van der Waals surface area (Å²) in [6.45, 7) is 6.21. The van der Waals surface area contributed by atoms with Crippen LogP contribution in [0.15, 0.2) is 42.5 Å². The van der Waals surface area contributed by atoms with Crippen molar-refractivity contribution < 1.29 is 19.1 Å². The number of aryl methyl sites for hydroxylation is 1. The van der Waals surface area contributed by atoms with Gasteiger partial charge in [-0.05, 0) is 56.2 Å². The third-order valence-electron chi connectivity index (χ3n) is 3.70. The summed E-state index contributed by atoms with van der Waals surface area (Å²) in [7, 11) is 0. The monoisotopic (exact) mass is 360 g/mol. The first kappa shape index (κ1) is 19.0. The lowest BCUT2D eigenvalue weighted by atomic mass is 9.90. The van der Waals surface area contributed by atoms with Gasteiger partial charge >= 0.3 is 5.97 Å². The van der Waals surface area contributed by atoms with Crippen molar-refractivity contribution in [1.29, 1.82) is 0 Å². The van der Waals surface area contributed by atoms with Crippen LogP contribution in [-0.2, 0) is 9.53 Å². The summed E-state index contributed by atoms with van der Waals surface area (Å²) >= 11 is 6.21. The normalized spacial score (nSPS) is 11.7. The summed E-state index contributed by atoms with van der Waals surface area (Å²) in [5, 5.41) is 0.324. The maximum atomic E-state index is 13.0. The standard InChI is InChI=1S/C20H21ClO4/c1-4-24-15-9-7-14(8-10-15)18(20(23)25-5-2)19(22)16-11-6-13(3)12-17(16)21/h6-12,18H,4-5H2,1-3H3. The molecule has 5 heteroatoms. The van der Waals surface area contributed by atoms with Gasteiger partial charge in [0.15, 0.2) is 5.78 Å². The molecule has 0 heterocycles. The second-order valence-electron chi connectivity index (χ2n) is 5.53. The van der Waals surface area contributed by atoms with Gasteiger partial charge < -0.3 is 9.47 Å². The van der Waals surface area contributed by atoms with E-state index < -0.39 is 11.9 Å². The van der Waals surface area contributed by atoms with E-state index in [0.717, 1.165) is 5.56 Å². The maximum Gasteiger partial charge on any atom is 0.321 e. The number of esters is 1. The van der Waals surface area contributed by atoms with E-state index in [4.69, 9.17) is 21.1 Å². The Morgan fingerprint density at radius 2 is 1.72 bits per heavy atom. The smallest absolute Gasteiger partial charge is 0.321 e. The summed E-state index contributed by atoms with van der Waals surface area (Å²) < 4.78 is 10.5. The average molecular weight is 361 g/mol. The number of ketones is 1. The van der Waals surface area contributed by atoms with Crippen LogP contribution in [0.4, 0.5) is 0 Å². The highest BCUT2D eigenvalue weighted by molar-refractivity contribution is 6.35. The molecule has 1 atom stereocenters. The molecular weight excluding hydrogens is 340 g/mol. The Morgan fingerprint density at radius 3 is 2.28 bits per heavy atom.